The Bertz CT molecular complexity index is 730. The van der Waals surface area contributed by atoms with E-state index in [0.717, 1.165) is 11.3 Å². The van der Waals surface area contributed by atoms with Crippen molar-refractivity contribution >= 4 is 11.6 Å². The van der Waals surface area contributed by atoms with Crippen LogP contribution in [0.15, 0.2) is 6.20 Å². The summed E-state index contributed by atoms with van der Waals surface area (Å²) in [5, 5.41) is 21.9. The fraction of sp³-hybridized carbons (Fsp3) is 0.462. The van der Waals surface area contributed by atoms with Gasteiger partial charge in [0.05, 0.1) is 10.6 Å². The Morgan fingerprint density at radius 3 is 2.50 bits per heavy atom. The summed E-state index contributed by atoms with van der Waals surface area (Å²) in [5.41, 5.74) is 2.41. The second-order valence-corrected chi connectivity index (χ2v) is 5.12. The van der Waals surface area contributed by atoms with E-state index in [2.05, 4.69) is 15.5 Å². The van der Waals surface area contributed by atoms with Gasteiger partial charge in [-0.05, 0) is 20.8 Å². The monoisotopic (exact) mass is 306 g/mol. The van der Waals surface area contributed by atoms with Crippen molar-refractivity contribution < 1.29 is 9.72 Å². The third-order valence-corrected chi connectivity index (χ3v) is 3.41. The van der Waals surface area contributed by atoms with Crippen LogP contribution >= 0.6 is 0 Å². The van der Waals surface area contributed by atoms with E-state index >= 15 is 0 Å². The smallest absolute Gasteiger partial charge is 0.312 e. The van der Waals surface area contributed by atoms with Crippen molar-refractivity contribution in [2.24, 2.45) is 7.05 Å². The minimum atomic E-state index is -0.481. The second-order valence-electron chi connectivity index (χ2n) is 5.12. The fourth-order valence-corrected chi connectivity index (χ4v) is 2.31. The van der Waals surface area contributed by atoms with Gasteiger partial charge < -0.3 is 5.32 Å². The first-order valence-corrected chi connectivity index (χ1v) is 6.73. The molecule has 1 N–H and O–H groups in total. The molecule has 0 aromatic carbocycles. The van der Waals surface area contributed by atoms with E-state index in [1.165, 1.54) is 4.68 Å². The lowest BCUT2D eigenvalue weighted by Crippen LogP contribution is -2.28. The van der Waals surface area contributed by atoms with E-state index in [-0.39, 0.29) is 18.1 Å². The van der Waals surface area contributed by atoms with Crippen LogP contribution in [0, 0.1) is 30.9 Å². The molecule has 0 aliphatic heterocycles. The predicted octanol–water partition coefficient (Wildman–Crippen LogP) is 0.766. The van der Waals surface area contributed by atoms with Crippen molar-refractivity contribution in [2.75, 3.05) is 0 Å². The number of carbonyl (C=O) groups excluding carboxylic acids is 1. The summed E-state index contributed by atoms with van der Waals surface area (Å²) in [7, 11) is 1.81. The number of amides is 1. The quantitative estimate of drug-likeness (QED) is 0.648. The van der Waals surface area contributed by atoms with Gasteiger partial charge in [-0.25, -0.2) is 0 Å². The lowest BCUT2D eigenvalue weighted by atomic mass is 10.2. The predicted molar refractivity (Wildman–Crippen MR) is 78.1 cm³/mol. The molecule has 2 heterocycles. The average Bonchev–Trinajstić information content (AvgIpc) is 2.86. The summed E-state index contributed by atoms with van der Waals surface area (Å²) in [5.74, 6) is -0.260. The molecule has 0 unspecified atom stereocenters. The van der Waals surface area contributed by atoms with Crippen molar-refractivity contribution in [3.05, 3.63) is 39.0 Å². The van der Waals surface area contributed by atoms with Gasteiger partial charge in [0.15, 0.2) is 0 Å². The zero-order valence-corrected chi connectivity index (χ0v) is 13.0. The number of carbonyl (C=O) groups is 1. The number of hydrogen-bond donors (Lipinski definition) is 1. The maximum absolute atomic E-state index is 12.0. The molecule has 118 valence electrons. The van der Waals surface area contributed by atoms with Gasteiger partial charge >= 0.3 is 5.69 Å². The Hall–Kier alpha value is -2.71. The van der Waals surface area contributed by atoms with Crippen LogP contribution in [0.2, 0.25) is 0 Å². The average molecular weight is 306 g/mol. The molecule has 0 saturated carbocycles. The summed E-state index contributed by atoms with van der Waals surface area (Å²) in [6, 6.07) is 0. The number of nitrogens with zero attached hydrogens (tertiary/aromatic N) is 5. The molecule has 0 aliphatic carbocycles. The molecule has 0 bridgehead atoms. The van der Waals surface area contributed by atoms with Gasteiger partial charge in [0.2, 0.25) is 5.91 Å². The molecule has 22 heavy (non-hydrogen) atoms. The standard InChI is InChI=1S/C13H18N6O3/c1-8-11(6-17(4)15-8)5-14-12(20)7-18-10(3)13(19(21)22)9(2)16-18/h6H,5,7H2,1-4H3,(H,14,20). The van der Waals surface area contributed by atoms with Crippen molar-refractivity contribution in [2.45, 2.75) is 33.9 Å². The number of aromatic nitrogens is 4. The highest BCUT2D eigenvalue weighted by atomic mass is 16.6. The van der Waals surface area contributed by atoms with Crippen LogP contribution in [0.4, 0.5) is 5.69 Å². The highest BCUT2D eigenvalue weighted by Gasteiger charge is 2.22. The van der Waals surface area contributed by atoms with Crippen LogP contribution in [0.25, 0.3) is 0 Å². The van der Waals surface area contributed by atoms with Gasteiger partial charge in [-0.1, -0.05) is 0 Å². The van der Waals surface area contributed by atoms with Crippen molar-refractivity contribution in [1.29, 1.82) is 0 Å². The van der Waals surface area contributed by atoms with Crippen LogP contribution in [0.5, 0.6) is 0 Å². The Labute approximate surface area is 127 Å². The van der Waals surface area contributed by atoms with Crippen molar-refractivity contribution in [3.8, 4) is 0 Å². The molecule has 1 amide bonds. The summed E-state index contributed by atoms with van der Waals surface area (Å²) in [6.07, 6.45) is 1.84. The SMILES string of the molecule is Cc1nn(C)cc1CNC(=O)Cn1nc(C)c([N+](=O)[O-])c1C. The molecule has 0 spiro atoms. The maximum Gasteiger partial charge on any atom is 0.312 e. The Morgan fingerprint density at radius 2 is 2.00 bits per heavy atom. The third kappa shape index (κ3) is 3.13. The second kappa shape index (κ2) is 5.96. The highest BCUT2D eigenvalue weighted by Crippen LogP contribution is 2.21. The Balaban J connectivity index is 2.02. The molecule has 2 aromatic rings. The zero-order valence-electron chi connectivity index (χ0n) is 13.0. The van der Waals surface area contributed by atoms with E-state index in [1.54, 1.807) is 18.5 Å². The number of nitro groups is 1. The highest BCUT2D eigenvalue weighted by molar-refractivity contribution is 5.75. The third-order valence-electron chi connectivity index (χ3n) is 3.41. The molecule has 0 saturated heterocycles. The lowest BCUT2D eigenvalue weighted by molar-refractivity contribution is -0.386. The van der Waals surface area contributed by atoms with Crippen LogP contribution in [-0.4, -0.2) is 30.4 Å². The van der Waals surface area contributed by atoms with Gasteiger partial charge in [-0.2, -0.15) is 10.2 Å². The first-order valence-electron chi connectivity index (χ1n) is 6.73. The fourth-order valence-electron chi connectivity index (χ4n) is 2.31. The van der Waals surface area contributed by atoms with E-state index in [4.69, 9.17) is 0 Å². The molecule has 0 aliphatic rings. The van der Waals surface area contributed by atoms with Crippen LogP contribution in [0.3, 0.4) is 0 Å². The number of rotatable bonds is 5. The topological polar surface area (TPSA) is 108 Å². The first kappa shape index (κ1) is 15.7. The number of hydrogen-bond acceptors (Lipinski definition) is 5. The van der Waals surface area contributed by atoms with E-state index in [1.807, 2.05) is 20.2 Å². The van der Waals surface area contributed by atoms with E-state index < -0.39 is 4.92 Å². The van der Waals surface area contributed by atoms with E-state index in [9.17, 15) is 14.9 Å². The van der Waals surface area contributed by atoms with Crippen LogP contribution < -0.4 is 5.32 Å². The molecular weight excluding hydrogens is 288 g/mol. The molecule has 2 rings (SSSR count). The van der Waals surface area contributed by atoms with Crippen LogP contribution in [0.1, 0.15) is 22.6 Å². The molecule has 9 nitrogen and oxygen atoms in total. The summed E-state index contributed by atoms with van der Waals surface area (Å²) >= 11 is 0. The maximum atomic E-state index is 12.0. The minimum Gasteiger partial charge on any atom is -0.350 e. The van der Waals surface area contributed by atoms with Gasteiger partial charge in [0, 0.05) is 25.4 Å². The molecular formula is C13H18N6O3. The molecule has 0 fully saturated rings. The molecule has 0 atom stereocenters. The van der Waals surface area contributed by atoms with Crippen LogP contribution in [-0.2, 0) is 24.9 Å². The van der Waals surface area contributed by atoms with Gasteiger partial charge in [-0.3, -0.25) is 24.3 Å². The molecule has 0 radical (unpaired) electrons. The summed E-state index contributed by atoms with van der Waals surface area (Å²) in [6.45, 7) is 5.31. The number of nitrogens with one attached hydrogen (secondary N) is 1. The molecule has 2 aromatic heterocycles. The normalized spacial score (nSPS) is 10.7. The van der Waals surface area contributed by atoms with Gasteiger partial charge in [0.1, 0.15) is 17.9 Å². The number of aryl methyl sites for hydroxylation is 3. The Kier molecular flexibility index (Phi) is 4.25. The first-order chi connectivity index (χ1) is 10.3. The Morgan fingerprint density at radius 1 is 1.32 bits per heavy atom. The van der Waals surface area contributed by atoms with Crippen molar-refractivity contribution in [3.63, 3.8) is 0 Å². The van der Waals surface area contributed by atoms with Crippen molar-refractivity contribution in [1.82, 2.24) is 24.9 Å². The summed E-state index contributed by atoms with van der Waals surface area (Å²) < 4.78 is 3.03. The lowest BCUT2D eigenvalue weighted by Gasteiger charge is -2.05. The summed E-state index contributed by atoms with van der Waals surface area (Å²) in [4.78, 5) is 22.4. The van der Waals surface area contributed by atoms with Gasteiger partial charge in [-0.15, -0.1) is 0 Å². The largest absolute Gasteiger partial charge is 0.350 e. The molecule has 9 heteroatoms. The minimum absolute atomic E-state index is 0.0455. The zero-order chi connectivity index (χ0) is 16.4. The van der Waals surface area contributed by atoms with E-state index in [0.29, 0.717) is 17.9 Å². The van der Waals surface area contributed by atoms with Gasteiger partial charge in [0.25, 0.3) is 0 Å².